The predicted octanol–water partition coefficient (Wildman–Crippen LogP) is 3.36. The number of carboxylic acid groups (broad SMARTS) is 1. The van der Waals surface area contributed by atoms with Gasteiger partial charge in [0, 0.05) is 0 Å². The molecular weight excluding hydrogens is 276 g/mol. The predicted molar refractivity (Wildman–Crippen MR) is 65.1 cm³/mol. The Labute approximate surface area is 98.3 Å². The molecule has 0 unspecified atom stereocenters. The van der Waals surface area contributed by atoms with Gasteiger partial charge in [-0.1, -0.05) is 0 Å². The summed E-state index contributed by atoms with van der Waals surface area (Å²) in [4.78, 5) is 10.7. The lowest BCUT2D eigenvalue weighted by Gasteiger charge is -2.20. The highest BCUT2D eigenvalue weighted by Crippen LogP contribution is 2.28. The van der Waals surface area contributed by atoms with Crippen molar-refractivity contribution in [1.29, 1.82) is 0 Å². The van der Waals surface area contributed by atoms with Crippen LogP contribution in [0.15, 0.2) is 22.7 Å². The number of hydrogen-bond donors (Lipinski definition) is 1. The Morgan fingerprint density at radius 2 is 2.00 bits per heavy atom. The molecule has 0 aliphatic rings. The van der Waals surface area contributed by atoms with Crippen molar-refractivity contribution in [3.8, 4) is 5.75 Å². The second-order valence-corrected chi connectivity index (χ2v) is 9.45. The SMILES string of the molecule is C[Si](C)(C)Oc1ccc(C(=O)O)cc1Br. The number of benzene rings is 1. The van der Waals surface area contributed by atoms with E-state index in [0.717, 1.165) is 0 Å². The van der Waals surface area contributed by atoms with Crippen LogP contribution in [0.4, 0.5) is 0 Å². The van der Waals surface area contributed by atoms with Crippen LogP contribution in [0.25, 0.3) is 0 Å². The summed E-state index contributed by atoms with van der Waals surface area (Å²) in [5.74, 6) is -0.227. The van der Waals surface area contributed by atoms with Crippen molar-refractivity contribution < 1.29 is 14.3 Å². The molecule has 5 heteroatoms. The molecule has 1 aromatic carbocycles. The number of halogens is 1. The van der Waals surface area contributed by atoms with Gasteiger partial charge in [-0.15, -0.1) is 0 Å². The van der Waals surface area contributed by atoms with E-state index in [0.29, 0.717) is 10.2 Å². The summed E-state index contributed by atoms with van der Waals surface area (Å²) in [6.45, 7) is 6.22. The largest absolute Gasteiger partial charge is 0.544 e. The maximum Gasteiger partial charge on any atom is 0.335 e. The average molecular weight is 289 g/mol. The molecule has 0 amide bonds. The van der Waals surface area contributed by atoms with Crippen molar-refractivity contribution in [2.24, 2.45) is 0 Å². The fourth-order valence-electron chi connectivity index (χ4n) is 1.05. The fraction of sp³-hybridized carbons (Fsp3) is 0.300. The molecule has 0 fully saturated rings. The van der Waals surface area contributed by atoms with Gasteiger partial charge in [0.15, 0.2) is 0 Å². The quantitative estimate of drug-likeness (QED) is 0.868. The van der Waals surface area contributed by atoms with Crippen LogP contribution in [0.1, 0.15) is 10.4 Å². The molecule has 0 heterocycles. The van der Waals surface area contributed by atoms with E-state index in [1.807, 2.05) is 0 Å². The van der Waals surface area contributed by atoms with Crippen LogP contribution >= 0.6 is 15.9 Å². The van der Waals surface area contributed by atoms with E-state index in [-0.39, 0.29) is 5.56 Å². The van der Waals surface area contributed by atoms with Crippen molar-refractivity contribution in [2.75, 3.05) is 0 Å². The minimum atomic E-state index is -1.65. The summed E-state index contributed by atoms with van der Waals surface area (Å²) in [6.07, 6.45) is 0. The van der Waals surface area contributed by atoms with Crippen molar-refractivity contribution in [2.45, 2.75) is 19.6 Å². The molecule has 0 spiro atoms. The summed E-state index contributed by atoms with van der Waals surface area (Å²) in [6, 6.07) is 4.78. The van der Waals surface area contributed by atoms with Crippen LogP contribution in [0.2, 0.25) is 19.6 Å². The van der Waals surface area contributed by atoms with Crippen molar-refractivity contribution in [3.63, 3.8) is 0 Å². The van der Waals surface area contributed by atoms with Gasteiger partial charge < -0.3 is 9.53 Å². The van der Waals surface area contributed by atoms with Crippen molar-refractivity contribution in [3.05, 3.63) is 28.2 Å². The Hall–Kier alpha value is -0.813. The van der Waals surface area contributed by atoms with Gasteiger partial charge in [-0.25, -0.2) is 4.79 Å². The van der Waals surface area contributed by atoms with Gasteiger partial charge in [0.05, 0.1) is 10.0 Å². The van der Waals surface area contributed by atoms with Crippen LogP contribution in [-0.2, 0) is 0 Å². The molecule has 0 saturated carbocycles. The molecular formula is C10H13BrO3Si. The maximum atomic E-state index is 10.7. The zero-order chi connectivity index (χ0) is 11.6. The van der Waals surface area contributed by atoms with E-state index < -0.39 is 14.3 Å². The number of aromatic carboxylic acids is 1. The molecule has 0 aliphatic heterocycles. The first-order chi connectivity index (χ1) is 6.79. The molecule has 3 nitrogen and oxygen atoms in total. The molecule has 0 saturated heterocycles. The summed E-state index contributed by atoms with van der Waals surface area (Å²) >= 11 is 3.30. The van der Waals surface area contributed by atoms with E-state index in [2.05, 4.69) is 35.6 Å². The Kier molecular flexibility index (Phi) is 3.57. The van der Waals surface area contributed by atoms with Gasteiger partial charge in [0.2, 0.25) is 8.32 Å². The zero-order valence-electron chi connectivity index (χ0n) is 8.87. The van der Waals surface area contributed by atoms with Gasteiger partial charge in [0.25, 0.3) is 0 Å². The van der Waals surface area contributed by atoms with Crippen LogP contribution < -0.4 is 4.43 Å². The highest BCUT2D eigenvalue weighted by atomic mass is 79.9. The second kappa shape index (κ2) is 4.36. The number of rotatable bonds is 3. The standard InChI is InChI=1S/C10H13BrO3Si/c1-15(2,3)14-9-5-4-7(10(12)13)6-8(9)11/h4-6H,1-3H3,(H,12,13). The molecule has 0 aliphatic carbocycles. The normalized spacial score (nSPS) is 11.2. The third kappa shape index (κ3) is 3.68. The van der Waals surface area contributed by atoms with Crippen LogP contribution in [-0.4, -0.2) is 19.4 Å². The first-order valence-electron chi connectivity index (χ1n) is 4.51. The lowest BCUT2D eigenvalue weighted by Crippen LogP contribution is -2.29. The molecule has 1 N–H and O–H groups in total. The maximum absolute atomic E-state index is 10.7. The summed E-state index contributed by atoms with van der Waals surface area (Å²) in [5.41, 5.74) is 0.254. The lowest BCUT2D eigenvalue weighted by atomic mass is 10.2. The second-order valence-electron chi connectivity index (χ2n) is 4.16. The summed E-state index contributed by atoms with van der Waals surface area (Å²) in [7, 11) is -1.65. The smallest absolute Gasteiger partial charge is 0.335 e. The third-order valence-corrected chi connectivity index (χ3v) is 3.05. The zero-order valence-corrected chi connectivity index (χ0v) is 11.5. The van der Waals surface area contributed by atoms with E-state index in [1.54, 1.807) is 18.2 Å². The summed E-state index contributed by atoms with van der Waals surface area (Å²) in [5, 5.41) is 8.78. The van der Waals surface area contributed by atoms with Crippen molar-refractivity contribution in [1.82, 2.24) is 0 Å². The molecule has 1 rings (SSSR count). The van der Waals surface area contributed by atoms with Gasteiger partial charge in [-0.3, -0.25) is 0 Å². The highest BCUT2D eigenvalue weighted by molar-refractivity contribution is 9.10. The Morgan fingerprint density at radius 1 is 1.40 bits per heavy atom. The minimum absolute atomic E-state index is 0.254. The fourth-order valence-corrected chi connectivity index (χ4v) is 2.49. The minimum Gasteiger partial charge on any atom is -0.544 e. The average Bonchev–Trinajstić information content (AvgIpc) is 2.05. The topological polar surface area (TPSA) is 46.5 Å². The Morgan fingerprint density at radius 3 is 2.40 bits per heavy atom. The monoisotopic (exact) mass is 288 g/mol. The molecule has 0 aromatic heterocycles. The highest BCUT2D eigenvalue weighted by Gasteiger charge is 2.18. The molecule has 82 valence electrons. The van der Waals surface area contributed by atoms with Crippen molar-refractivity contribution >= 4 is 30.2 Å². The summed E-state index contributed by atoms with van der Waals surface area (Å²) < 4.78 is 6.45. The van der Waals surface area contributed by atoms with Gasteiger partial charge >= 0.3 is 5.97 Å². The third-order valence-electron chi connectivity index (χ3n) is 1.59. The molecule has 0 bridgehead atoms. The van der Waals surface area contributed by atoms with Gasteiger partial charge in [0.1, 0.15) is 5.75 Å². The van der Waals surface area contributed by atoms with E-state index in [4.69, 9.17) is 9.53 Å². The Bertz CT molecular complexity index is 385. The molecule has 1 aromatic rings. The first-order valence-corrected chi connectivity index (χ1v) is 8.71. The Balaban J connectivity index is 2.99. The lowest BCUT2D eigenvalue weighted by molar-refractivity contribution is 0.0697. The van der Waals surface area contributed by atoms with E-state index in [9.17, 15) is 4.79 Å². The van der Waals surface area contributed by atoms with E-state index >= 15 is 0 Å². The van der Waals surface area contributed by atoms with Crippen LogP contribution in [0.5, 0.6) is 5.75 Å². The number of carbonyl (C=O) groups is 1. The van der Waals surface area contributed by atoms with E-state index in [1.165, 1.54) is 0 Å². The first kappa shape index (κ1) is 12.3. The molecule has 0 radical (unpaired) electrons. The molecule has 15 heavy (non-hydrogen) atoms. The molecule has 0 atom stereocenters. The van der Waals surface area contributed by atoms with Crippen LogP contribution in [0, 0.1) is 0 Å². The van der Waals surface area contributed by atoms with Gasteiger partial charge in [-0.2, -0.15) is 0 Å². The number of carboxylic acids is 1. The van der Waals surface area contributed by atoms with Crippen LogP contribution in [0.3, 0.4) is 0 Å². The van der Waals surface area contributed by atoms with Gasteiger partial charge in [-0.05, 0) is 53.8 Å². The number of hydrogen-bond acceptors (Lipinski definition) is 2.